The van der Waals surface area contributed by atoms with Gasteiger partial charge < -0.3 is 10.3 Å². The van der Waals surface area contributed by atoms with Crippen molar-refractivity contribution in [2.75, 3.05) is 18.1 Å². The SMILES string of the molecule is CS(=O)(=O)c1cccnc1NCCc1c[nH]c2ccccc12. The van der Waals surface area contributed by atoms with Crippen molar-refractivity contribution in [3.63, 3.8) is 0 Å². The quantitative estimate of drug-likeness (QED) is 0.759. The van der Waals surface area contributed by atoms with Gasteiger partial charge in [0.2, 0.25) is 0 Å². The van der Waals surface area contributed by atoms with E-state index in [1.165, 1.54) is 17.2 Å². The van der Waals surface area contributed by atoms with Gasteiger partial charge in [-0.2, -0.15) is 0 Å². The second-order valence-corrected chi connectivity index (χ2v) is 7.14. The number of pyridine rings is 1. The van der Waals surface area contributed by atoms with Crippen LogP contribution in [0.15, 0.2) is 53.7 Å². The number of sulfone groups is 1. The minimum atomic E-state index is -3.28. The van der Waals surface area contributed by atoms with E-state index in [2.05, 4.69) is 21.4 Å². The molecule has 1 aromatic carbocycles. The molecule has 0 saturated carbocycles. The van der Waals surface area contributed by atoms with Crippen LogP contribution in [0.1, 0.15) is 5.56 Å². The van der Waals surface area contributed by atoms with E-state index >= 15 is 0 Å². The van der Waals surface area contributed by atoms with Crippen molar-refractivity contribution in [1.29, 1.82) is 0 Å². The summed E-state index contributed by atoms with van der Waals surface area (Å²) in [7, 11) is -3.28. The van der Waals surface area contributed by atoms with Gasteiger partial charge in [0.15, 0.2) is 9.84 Å². The van der Waals surface area contributed by atoms with Gasteiger partial charge in [0, 0.05) is 36.1 Å². The summed E-state index contributed by atoms with van der Waals surface area (Å²) in [5.41, 5.74) is 2.30. The molecule has 0 saturated heterocycles. The largest absolute Gasteiger partial charge is 0.369 e. The second kappa shape index (κ2) is 5.81. The zero-order valence-electron chi connectivity index (χ0n) is 12.2. The Morgan fingerprint density at radius 2 is 2.00 bits per heavy atom. The van der Waals surface area contributed by atoms with Gasteiger partial charge in [-0.1, -0.05) is 18.2 Å². The molecule has 2 aromatic heterocycles. The van der Waals surface area contributed by atoms with Crippen LogP contribution in [0.2, 0.25) is 0 Å². The summed E-state index contributed by atoms with van der Waals surface area (Å²) in [6.45, 7) is 0.612. The number of benzene rings is 1. The summed E-state index contributed by atoms with van der Waals surface area (Å²) in [6.07, 6.45) is 5.55. The molecule has 0 aliphatic rings. The summed E-state index contributed by atoms with van der Waals surface area (Å²) in [5.74, 6) is 0.407. The molecule has 0 aliphatic heterocycles. The van der Waals surface area contributed by atoms with Crippen LogP contribution in [0.4, 0.5) is 5.82 Å². The maximum Gasteiger partial charge on any atom is 0.179 e. The van der Waals surface area contributed by atoms with E-state index in [1.54, 1.807) is 18.3 Å². The third kappa shape index (κ3) is 2.96. The Kier molecular flexibility index (Phi) is 3.85. The van der Waals surface area contributed by atoms with Gasteiger partial charge in [-0.3, -0.25) is 0 Å². The lowest BCUT2D eigenvalue weighted by Crippen LogP contribution is -2.10. The molecule has 6 heteroatoms. The Labute approximate surface area is 129 Å². The van der Waals surface area contributed by atoms with Crippen LogP contribution < -0.4 is 5.32 Å². The number of anilines is 1. The molecule has 0 amide bonds. The summed E-state index contributed by atoms with van der Waals surface area (Å²) in [4.78, 5) is 7.59. The van der Waals surface area contributed by atoms with Gasteiger partial charge in [-0.05, 0) is 30.2 Å². The van der Waals surface area contributed by atoms with Crippen LogP contribution >= 0.6 is 0 Å². The highest BCUT2D eigenvalue weighted by Crippen LogP contribution is 2.20. The Balaban J connectivity index is 1.74. The maximum absolute atomic E-state index is 11.7. The monoisotopic (exact) mass is 315 g/mol. The fourth-order valence-corrected chi connectivity index (χ4v) is 3.28. The van der Waals surface area contributed by atoms with E-state index < -0.39 is 9.84 Å². The van der Waals surface area contributed by atoms with Crippen LogP contribution in [-0.4, -0.2) is 31.2 Å². The Morgan fingerprint density at radius 1 is 1.18 bits per heavy atom. The highest BCUT2D eigenvalue weighted by molar-refractivity contribution is 7.90. The van der Waals surface area contributed by atoms with Crippen molar-refractivity contribution in [3.05, 3.63) is 54.4 Å². The second-order valence-electron chi connectivity index (χ2n) is 5.16. The van der Waals surface area contributed by atoms with Gasteiger partial charge in [0.25, 0.3) is 0 Å². The molecule has 0 atom stereocenters. The predicted octanol–water partition coefficient (Wildman–Crippen LogP) is 2.62. The van der Waals surface area contributed by atoms with Crippen molar-refractivity contribution < 1.29 is 8.42 Å². The fraction of sp³-hybridized carbons (Fsp3) is 0.188. The van der Waals surface area contributed by atoms with Crippen LogP contribution in [-0.2, 0) is 16.3 Å². The van der Waals surface area contributed by atoms with Gasteiger partial charge >= 0.3 is 0 Å². The third-order valence-electron chi connectivity index (χ3n) is 3.53. The molecular formula is C16H17N3O2S. The number of nitrogens with one attached hydrogen (secondary N) is 2. The normalized spacial score (nSPS) is 11.7. The number of hydrogen-bond donors (Lipinski definition) is 2. The lowest BCUT2D eigenvalue weighted by atomic mass is 10.1. The molecule has 0 spiro atoms. The highest BCUT2D eigenvalue weighted by Gasteiger charge is 2.13. The maximum atomic E-state index is 11.7. The first-order chi connectivity index (χ1) is 10.6. The smallest absolute Gasteiger partial charge is 0.179 e. The van der Waals surface area contributed by atoms with Crippen molar-refractivity contribution in [2.45, 2.75) is 11.3 Å². The molecule has 2 N–H and O–H groups in total. The molecule has 3 aromatic rings. The van der Waals surface area contributed by atoms with Crippen molar-refractivity contribution in [1.82, 2.24) is 9.97 Å². The third-order valence-corrected chi connectivity index (χ3v) is 4.66. The Bertz CT molecular complexity index is 900. The Morgan fingerprint density at radius 3 is 2.82 bits per heavy atom. The molecule has 0 aliphatic carbocycles. The van der Waals surface area contributed by atoms with Crippen LogP contribution in [0.3, 0.4) is 0 Å². The van der Waals surface area contributed by atoms with E-state index in [-0.39, 0.29) is 4.90 Å². The van der Waals surface area contributed by atoms with Gasteiger partial charge in [-0.25, -0.2) is 13.4 Å². The van der Waals surface area contributed by atoms with Crippen molar-refractivity contribution in [2.24, 2.45) is 0 Å². The molecule has 3 rings (SSSR count). The number of para-hydroxylation sites is 1. The topological polar surface area (TPSA) is 74.8 Å². The first-order valence-corrected chi connectivity index (χ1v) is 8.89. The zero-order chi connectivity index (χ0) is 15.6. The van der Waals surface area contributed by atoms with E-state index in [1.807, 2.05) is 24.4 Å². The lowest BCUT2D eigenvalue weighted by molar-refractivity contribution is 0.602. The van der Waals surface area contributed by atoms with Gasteiger partial charge in [0.1, 0.15) is 10.7 Å². The number of nitrogens with zero attached hydrogens (tertiary/aromatic N) is 1. The number of H-pyrrole nitrogens is 1. The van der Waals surface area contributed by atoms with E-state index in [0.29, 0.717) is 12.4 Å². The van der Waals surface area contributed by atoms with Gasteiger partial charge in [-0.15, -0.1) is 0 Å². The van der Waals surface area contributed by atoms with E-state index in [0.717, 1.165) is 11.9 Å². The molecule has 0 radical (unpaired) electrons. The average Bonchev–Trinajstić information content (AvgIpc) is 2.90. The van der Waals surface area contributed by atoms with Crippen LogP contribution in [0.5, 0.6) is 0 Å². The standard InChI is InChI=1S/C16H17N3O2S/c1-22(20,21)15-7-4-9-17-16(15)18-10-8-12-11-19-14-6-3-2-5-13(12)14/h2-7,9,11,19H,8,10H2,1H3,(H,17,18). The number of fused-ring (bicyclic) bond motifs is 1. The van der Waals surface area contributed by atoms with Gasteiger partial charge in [0.05, 0.1) is 0 Å². The van der Waals surface area contributed by atoms with Crippen LogP contribution in [0, 0.1) is 0 Å². The number of rotatable bonds is 5. The molecule has 2 heterocycles. The summed E-state index contributed by atoms with van der Waals surface area (Å²) >= 11 is 0. The molecule has 5 nitrogen and oxygen atoms in total. The zero-order valence-corrected chi connectivity index (χ0v) is 13.0. The first-order valence-electron chi connectivity index (χ1n) is 6.99. The minimum absolute atomic E-state index is 0.230. The van der Waals surface area contributed by atoms with Crippen LogP contribution in [0.25, 0.3) is 10.9 Å². The predicted molar refractivity (Wildman–Crippen MR) is 87.8 cm³/mol. The lowest BCUT2D eigenvalue weighted by Gasteiger charge is -2.09. The van der Waals surface area contributed by atoms with E-state index in [4.69, 9.17) is 0 Å². The molecule has 22 heavy (non-hydrogen) atoms. The average molecular weight is 315 g/mol. The first kappa shape index (κ1) is 14.6. The molecule has 0 fully saturated rings. The number of aromatic nitrogens is 2. The number of aromatic amines is 1. The van der Waals surface area contributed by atoms with Crippen molar-refractivity contribution >= 4 is 26.6 Å². The molecule has 0 bridgehead atoms. The molecular weight excluding hydrogens is 298 g/mol. The summed E-state index contributed by atoms with van der Waals surface area (Å²) in [6, 6.07) is 11.3. The molecule has 0 unspecified atom stereocenters. The van der Waals surface area contributed by atoms with E-state index in [9.17, 15) is 8.42 Å². The highest BCUT2D eigenvalue weighted by atomic mass is 32.2. The minimum Gasteiger partial charge on any atom is -0.369 e. The number of hydrogen-bond acceptors (Lipinski definition) is 4. The fourth-order valence-electron chi connectivity index (χ4n) is 2.48. The summed E-state index contributed by atoms with van der Waals surface area (Å²) in [5, 5.41) is 4.31. The summed E-state index contributed by atoms with van der Waals surface area (Å²) < 4.78 is 23.5. The Hall–Kier alpha value is -2.34. The molecule has 114 valence electrons. The van der Waals surface area contributed by atoms with Crippen molar-refractivity contribution in [3.8, 4) is 0 Å².